The van der Waals surface area contributed by atoms with E-state index >= 15 is 0 Å². The van der Waals surface area contributed by atoms with Gasteiger partial charge in [-0.25, -0.2) is 0 Å². The molecule has 0 amide bonds. The molecule has 0 heterocycles. The van der Waals surface area contributed by atoms with Gasteiger partial charge in [-0.05, 0) is 51.9 Å². The molecule has 1 aromatic rings. The Morgan fingerprint density at radius 1 is 1.21 bits per heavy atom. The fourth-order valence-corrected chi connectivity index (χ4v) is 2.04. The predicted octanol–water partition coefficient (Wildman–Crippen LogP) is 2.75. The normalized spacial score (nSPS) is 11.4. The minimum atomic E-state index is 0. The van der Waals surface area contributed by atoms with Gasteiger partial charge in [0.2, 0.25) is 0 Å². The van der Waals surface area contributed by atoms with Crippen LogP contribution in [0.4, 0.5) is 0 Å². The van der Waals surface area contributed by atoms with E-state index in [9.17, 15) is 0 Å². The summed E-state index contributed by atoms with van der Waals surface area (Å²) in [5.74, 6) is 1.78. The summed E-state index contributed by atoms with van der Waals surface area (Å²) in [6.45, 7) is 9.97. The van der Waals surface area contributed by atoms with Crippen molar-refractivity contribution < 1.29 is 4.74 Å². The maximum absolute atomic E-state index is 5.18. The third kappa shape index (κ3) is 9.32. The fourth-order valence-electron chi connectivity index (χ4n) is 2.04. The quantitative estimate of drug-likeness (QED) is 0.347. The molecule has 0 radical (unpaired) electrons. The standard InChI is InChI=1S/C18H32N4O.HI/c1-6-19-18(21-13-14-22(4)15(2)3)20-12-11-16-7-9-17(23-5)10-8-16;/h7-10,15H,6,11-14H2,1-5H3,(H2,19,20,21);1H. The number of likely N-dealkylation sites (N-methyl/N-ethyl adjacent to an activating group) is 1. The van der Waals surface area contributed by atoms with Crippen LogP contribution in [0.3, 0.4) is 0 Å². The van der Waals surface area contributed by atoms with Gasteiger partial charge in [0.05, 0.1) is 13.7 Å². The van der Waals surface area contributed by atoms with E-state index in [1.54, 1.807) is 7.11 Å². The molecule has 0 spiro atoms. The number of methoxy groups -OCH3 is 1. The molecule has 0 saturated carbocycles. The van der Waals surface area contributed by atoms with Crippen molar-refractivity contribution in [1.29, 1.82) is 0 Å². The second-order valence-electron chi connectivity index (χ2n) is 5.86. The van der Waals surface area contributed by atoms with Crippen molar-refractivity contribution in [3.63, 3.8) is 0 Å². The molecule has 0 aliphatic heterocycles. The van der Waals surface area contributed by atoms with Gasteiger partial charge in [-0.15, -0.1) is 24.0 Å². The van der Waals surface area contributed by atoms with Crippen LogP contribution in [0.2, 0.25) is 0 Å². The smallest absolute Gasteiger partial charge is 0.191 e. The van der Waals surface area contributed by atoms with Gasteiger partial charge >= 0.3 is 0 Å². The van der Waals surface area contributed by atoms with Crippen LogP contribution in [-0.4, -0.2) is 57.2 Å². The zero-order valence-electron chi connectivity index (χ0n) is 15.6. The number of nitrogens with zero attached hydrogens (tertiary/aromatic N) is 2. The first-order valence-corrected chi connectivity index (χ1v) is 8.42. The van der Waals surface area contributed by atoms with Crippen LogP contribution < -0.4 is 15.4 Å². The molecule has 0 fully saturated rings. The average molecular weight is 448 g/mol. The molecule has 6 heteroatoms. The van der Waals surface area contributed by atoms with Crippen LogP contribution in [0.15, 0.2) is 29.3 Å². The Hall–Kier alpha value is -1.02. The van der Waals surface area contributed by atoms with Gasteiger partial charge in [-0.2, -0.15) is 0 Å². The van der Waals surface area contributed by atoms with Crippen molar-refractivity contribution in [2.24, 2.45) is 4.99 Å². The van der Waals surface area contributed by atoms with Crippen molar-refractivity contribution in [2.75, 3.05) is 40.3 Å². The highest BCUT2D eigenvalue weighted by Gasteiger charge is 2.02. The van der Waals surface area contributed by atoms with Crippen LogP contribution >= 0.6 is 24.0 Å². The number of nitrogens with one attached hydrogen (secondary N) is 2. The molecular formula is C18H33IN4O. The van der Waals surface area contributed by atoms with Crippen molar-refractivity contribution in [3.8, 4) is 5.75 Å². The van der Waals surface area contributed by atoms with E-state index in [0.29, 0.717) is 6.04 Å². The molecule has 0 atom stereocenters. The van der Waals surface area contributed by atoms with E-state index in [-0.39, 0.29) is 24.0 Å². The lowest BCUT2D eigenvalue weighted by Gasteiger charge is -2.20. The molecule has 1 aromatic carbocycles. The highest BCUT2D eigenvalue weighted by atomic mass is 127. The topological polar surface area (TPSA) is 48.9 Å². The van der Waals surface area contributed by atoms with E-state index in [1.807, 2.05) is 12.1 Å². The Morgan fingerprint density at radius 3 is 2.42 bits per heavy atom. The largest absolute Gasteiger partial charge is 0.497 e. The van der Waals surface area contributed by atoms with Crippen molar-refractivity contribution >= 4 is 29.9 Å². The maximum atomic E-state index is 5.18. The predicted molar refractivity (Wildman–Crippen MR) is 114 cm³/mol. The summed E-state index contributed by atoms with van der Waals surface area (Å²) in [5.41, 5.74) is 1.29. The average Bonchev–Trinajstić information content (AvgIpc) is 2.55. The molecule has 138 valence electrons. The van der Waals surface area contributed by atoms with Crippen LogP contribution in [0.1, 0.15) is 26.3 Å². The summed E-state index contributed by atoms with van der Waals surface area (Å²) in [5, 5.41) is 6.68. The summed E-state index contributed by atoms with van der Waals surface area (Å²) in [7, 11) is 3.82. The molecule has 0 aliphatic rings. The molecule has 0 aliphatic carbocycles. The number of halogens is 1. The third-order valence-electron chi connectivity index (χ3n) is 3.81. The summed E-state index contributed by atoms with van der Waals surface area (Å²) >= 11 is 0. The van der Waals surface area contributed by atoms with Gasteiger partial charge in [-0.1, -0.05) is 12.1 Å². The number of benzene rings is 1. The molecule has 24 heavy (non-hydrogen) atoms. The fraction of sp³-hybridized carbons (Fsp3) is 0.611. The Balaban J connectivity index is 0.00000529. The number of rotatable bonds is 9. The Labute approximate surface area is 164 Å². The highest BCUT2D eigenvalue weighted by Crippen LogP contribution is 2.11. The molecule has 1 rings (SSSR count). The second kappa shape index (κ2) is 13.3. The third-order valence-corrected chi connectivity index (χ3v) is 3.81. The highest BCUT2D eigenvalue weighted by molar-refractivity contribution is 14.0. The maximum Gasteiger partial charge on any atom is 0.191 e. The molecule has 0 aromatic heterocycles. The van der Waals surface area contributed by atoms with Gasteiger partial charge in [0.25, 0.3) is 0 Å². The number of guanidine groups is 1. The summed E-state index contributed by atoms with van der Waals surface area (Å²) in [6, 6.07) is 8.74. The minimum Gasteiger partial charge on any atom is -0.497 e. The SMILES string of the molecule is CCNC(=NCCN(C)C(C)C)NCCc1ccc(OC)cc1.I. The van der Waals surface area contributed by atoms with E-state index in [2.05, 4.69) is 60.5 Å². The molecule has 0 saturated heterocycles. The first-order valence-electron chi connectivity index (χ1n) is 8.42. The second-order valence-corrected chi connectivity index (χ2v) is 5.86. The Kier molecular flexibility index (Phi) is 12.7. The van der Waals surface area contributed by atoms with E-state index in [4.69, 9.17) is 4.74 Å². The zero-order chi connectivity index (χ0) is 17.1. The molecule has 0 bridgehead atoms. The van der Waals surface area contributed by atoms with Crippen LogP contribution in [-0.2, 0) is 6.42 Å². The number of hydrogen-bond acceptors (Lipinski definition) is 3. The van der Waals surface area contributed by atoms with Crippen LogP contribution in [0.25, 0.3) is 0 Å². The Bertz CT molecular complexity index is 463. The van der Waals surface area contributed by atoms with Gasteiger partial charge in [0, 0.05) is 25.7 Å². The molecule has 2 N–H and O–H groups in total. The lowest BCUT2D eigenvalue weighted by molar-refractivity contribution is 0.282. The number of aliphatic imine (C=N–C) groups is 1. The van der Waals surface area contributed by atoms with Gasteiger partial charge < -0.3 is 20.3 Å². The Morgan fingerprint density at radius 2 is 1.88 bits per heavy atom. The lowest BCUT2D eigenvalue weighted by Crippen LogP contribution is -2.39. The first-order chi connectivity index (χ1) is 11.1. The summed E-state index contributed by atoms with van der Waals surface area (Å²) in [4.78, 5) is 6.92. The minimum absolute atomic E-state index is 0. The summed E-state index contributed by atoms with van der Waals surface area (Å²) in [6.07, 6.45) is 0.959. The van der Waals surface area contributed by atoms with Crippen molar-refractivity contribution in [1.82, 2.24) is 15.5 Å². The van der Waals surface area contributed by atoms with E-state index < -0.39 is 0 Å². The van der Waals surface area contributed by atoms with E-state index in [0.717, 1.165) is 44.3 Å². The number of hydrogen-bond donors (Lipinski definition) is 2. The molecule has 5 nitrogen and oxygen atoms in total. The monoisotopic (exact) mass is 448 g/mol. The lowest BCUT2D eigenvalue weighted by atomic mass is 10.1. The van der Waals surface area contributed by atoms with E-state index in [1.165, 1.54) is 5.56 Å². The van der Waals surface area contributed by atoms with Gasteiger partial charge in [0.15, 0.2) is 5.96 Å². The zero-order valence-corrected chi connectivity index (χ0v) is 18.0. The van der Waals surface area contributed by atoms with Crippen LogP contribution in [0.5, 0.6) is 5.75 Å². The molecular weight excluding hydrogens is 415 g/mol. The van der Waals surface area contributed by atoms with Gasteiger partial charge in [-0.3, -0.25) is 4.99 Å². The van der Waals surface area contributed by atoms with Crippen molar-refractivity contribution in [2.45, 2.75) is 33.2 Å². The summed E-state index contributed by atoms with van der Waals surface area (Å²) < 4.78 is 5.18. The van der Waals surface area contributed by atoms with Crippen molar-refractivity contribution in [3.05, 3.63) is 29.8 Å². The number of ether oxygens (including phenoxy) is 1. The van der Waals surface area contributed by atoms with Crippen LogP contribution in [0, 0.1) is 0 Å². The van der Waals surface area contributed by atoms with Gasteiger partial charge in [0.1, 0.15) is 5.75 Å². The molecule has 0 unspecified atom stereocenters. The first kappa shape index (κ1) is 23.0.